The van der Waals surface area contributed by atoms with Gasteiger partial charge < -0.3 is 21.1 Å². The fourth-order valence-electron chi connectivity index (χ4n) is 1.44. The van der Waals surface area contributed by atoms with Gasteiger partial charge in [-0.1, -0.05) is 0 Å². The number of amides is 3. The Morgan fingerprint density at radius 3 is 2.60 bits per heavy atom. The fraction of sp³-hybridized carbons (Fsp3) is 0.625. The standard InChI is InChI=1S/C8H13N3O4/c9-7(14)5-1-2-11(4-5)8(15)10-3-6(12)13/h5H,1-4H2,(H2,9,14)(H,10,15)(H,12,13). The summed E-state index contributed by atoms with van der Waals surface area (Å²) in [6.07, 6.45) is 0.538. The zero-order valence-electron chi connectivity index (χ0n) is 8.10. The van der Waals surface area contributed by atoms with Crippen LogP contribution < -0.4 is 11.1 Å². The summed E-state index contributed by atoms with van der Waals surface area (Å²) in [4.78, 5) is 33.7. The maximum Gasteiger partial charge on any atom is 0.323 e. The molecule has 84 valence electrons. The topological polar surface area (TPSA) is 113 Å². The van der Waals surface area contributed by atoms with Crippen molar-refractivity contribution < 1.29 is 19.5 Å². The van der Waals surface area contributed by atoms with Crippen LogP contribution in [0.2, 0.25) is 0 Å². The molecule has 0 aromatic heterocycles. The van der Waals surface area contributed by atoms with Gasteiger partial charge in [0.15, 0.2) is 0 Å². The number of carboxylic acid groups (broad SMARTS) is 1. The van der Waals surface area contributed by atoms with Gasteiger partial charge in [-0.25, -0.2) is 4.79 Å². The lowest BCUT2D eigenvalue weighted by atomic mass is 10.1. The second-order valence-electron chi connectivity index (χ2n) is 3.39. The van der Waals surface area contributed by atoms with Crippen LogP contribution in [-0.2, 0) is 9.59 Å². The number of nitrogens with one attached hydrogen (secondary N) is 1. The predicted molar refractivity (Wildman–Crippen MR) is 49.9 cm³/mol. The van der Waals surface area contributed by atoms with Gasteiger partial charge in [0.25, 0.3) is 0 Å². The van der Waals surface area contributed by atoms with Crippen LogP contribution in [-0.4, -0.2) is 47.5 Å². The van der Waals surface area contributed by atoms with Gasteiger partial charge in [-0.05, 0) is 6.42 Å². The first kappa shape index (κ1) is 11.3. The van der Waals surface area contributed by atoms with E-state index in [1.807, 2.05) is 0 Å². The van der Waals surface area contributed by atoms with Gasteiger partial charge in [0.2, 0.25) is 5.91 Å². The van der Waals surface area contributed by atoms with Gasteiger partial charge in [-0.2, -0.15) is 0 Å². The molecule has 0 radical (unpaired) electrons. The number of nitrogens with two attached hydrogens (primary N) is 1. The van der Waals surface area contributed by atoms with Crippen LogP contribution in [0.5, 0.6) is 0 Å². The Labute approximate surface area is 86.2 Å². The Morgan fingerprint density at radius 2 is 2.13 bits per heavy atom. The molecule has 4 N–H and O–H groups in total. The molecule has 0 aliphatic carbocycles. The minimum Gasteiger partial charge on any atom is -0.480 e. The second kappa shape index (κ2) is 4.63. The summed E-state index contributed by atoms with van der Waals surface area (Å²) in [5.74, 6) is -1.85. The molecule has 0 saturated carbocycles. The Kier molecular flexibility index (Phi) is 3.48. The molecular formula is C8H13N3O4. The summed E-state index contributed by atoms with van der Waals surface area (Å²) in [7, 11) is 0. The number of nitrogens with zero attached hydrogens (tertiary/aromatic N) is 1. The van der Waals surface area contributed by atoms with Gasteiger partial charge in [0, 0.05) is 13.1 Å². The first-order valence-corrected chi connectivity index (χ1v) is 4.54. The van der Waals surface area contributed by atoms with Crippen molar-refractivity contribution >= 4 is 17.9 Å². The van der Waals surface area contributed by atoms with Gasteiger partial charge in [0.1, 0.15) is 6.54 Å². The highest BCUT2D eigenvalue weighted by molar-refractivity contribution is 5.82. The SMILES string of the molecule is NC(=O)C1CCN(C(=O)NCC(=O)O)C1. The van der Waals surface area contributed by atoms with Crippen molar-refractivity contribution in [1.29, 1.82) is 0 Å². The third-order valence-corrected chi connectivity index (χ3v) is 2.27. The van der Waals surface area contributed by atoms with Crippen molar-refractivity contribution in [2.24, 2.45) is 11.7 Å². The Morgan fingerprint density at radius 1 is 1.47 bits per heavy atom. The number of urea groups is 1. The average molecular weight is 215 g/mol. The summed E-state index contributed by atoms with van der Waals surface area (Å²) in [5.41, 5.74) is 5.09. The second-order valence-corrected chi connectivity index (χ2v) is 3.39. The van der Waals surface area contributed by atoms with E-state index in [4.69, 9.17) is 10.8 Å². The van der Waals surface area contributed by atoms with Crippen LogP contribution in [0.4, 0.5) is 4.79 Å². The lowest BCUT2D eigenvalue weighted by molar-refractivity contribution is -0.135. The number of carbonyl (C=O) groups is 3. The monoisotopic (exact) mass is 215 g/mol. The quantitative estimate of drug-likeness (QED) is 0.536. The van der Waals surface area contributed by atoms with Gasteiger partial charge in [0.05, 0.1) is 5.92 Å². The van der Waals surface area contributed by atoms with E-state index >= 15 is 0 Å². The molecule has 1 fully saturated rings. The summed E-state index contributed by atoms with van der Waals surface area (Å²) in [5, 5.41) is 10.6. The van der Waals surface area contributed by atoms with E-state index in [1.54, 1.807) is 0 Å². The zero-order valence-corrected chi connectivity index (χ0v) is 8.10. The van der Waals surface area contributed by atoms with Gasteiger partial charge in [-0.3, -0.25) is 9.59 Å². The summed E-state index contributed by atoms with van der Waals surface area (Å²) < 4.78 is 0. The fourth-order valence-corrected chi connectivity index (χ4v) is 1.44. The molecule has 7 heteroatoms. The largest absolute Gasteiger partial charge is 0.480 e. The summed E-state index contributed by atoms with van der Waals surface area (Å²) >= 11 is 0. The van der Waals surface area contributed by atoms with Crippen molar-refractivity contribution in [2.45, 2.75) is 6.42 Å². The molecule has 1 unspecified atom stereocenters. The van der Waals surface area contributed by atoms with E-state index in [2.05, 4.69) is 5.32 Å². The molecule has 1 heterocycles. The zero-order chi connectivity index (χ0) is 11.4. The van der Waals surface area contributed by atoms with Crippen LogP contribution in [0.25, 0.3) is 0 Å². The number of likely N-dealkylation sites (tertiary alicyclic amines) is 1. The molecule has 1 aliphatic heterocycles. The highest BCUT2D eigenvalue weighted by Crippen LogP contribution is 2.15. The van der Waals surface area contributed by atoms with Crippen LogP contribution in [0.3, 0.4) is 0 Å². The normalized spacial score (nSPS) is 20.0. The smallest absolute Gasteiger partial charge is 0.323 e. The Bertz CT molecular complexity index is 292. The van der Waals surface area contributed by atoms with Crippen LogP contribution in [0.1, 0.15) is 6.42 Å². The maximum absolute atomic E-state index is 11.3. The third kappa shape index (κ3) is 3.12. The van der Waals surface area contributed by atoms with E-state index in [9.17, 15) is 14.4 Å². The van der Waals surface area contributed by atoms with E-state index in [0.717, 1.165) is 0 Å². The van der Waals surface area contributed by atoms with Crippen molar-refractivity contribution in [2.75, 3.05) is 19.6 Å². The van der Waals surface area contributed by atoms with Crippen molar-refractivity contribution in [3.63, 3.8) is 0 Å². The molecule has 1 rings (SSSR count). The number of rotatable bonds is 3. The average Bonchev–Trinajstić information content (AvgIpc) is 2.62. The number of primary amides is 1. The van der Waals surface area contributed by atoms with Crippen molar-refractivity contribution in [3.05, 3.63) is 0 Å². The highest BCUT2D eigenvalue weighted by Gasteiger charge is 2.29. The Hall–Kier alpha value is -1.79. The molecule has 0 spiro atoms. The molecule has 0 bridgehead atoms. The lowest BCUT2D eigenvalue weighted by Gasteiger charge is -2.15. The van der Waals surface area contributed by atoms with Gasteiger partial charge >= 0.3 is 12.0 Å². The molecule has 7 nitrogen and oxygen atoms in total. The Balaban J connectivity index is 2.36. The van der Waals surface area contributed by atoms with Crippen molar-refractivity contribution in [1.82, 2.24) is 10.2 Å². The molecule has 15 heavy (non-hydrogen) atoms. The number of carboxylic acids is 1. The van der Waals surface area contributed by atoms with E-state index in [1.165, 1.54) is 4.90 Å². The van der Waals surface area contributed by atoms with E-state index in [-0.39, 0.29) is 12.5 Å². The predicted octanol–water partition coefficient (Wildman–Crippen LogP) is -1.41. The third-order valence-electron chi connectivity index (χ3n) is 2.27. The molecule has 3 amide bonds. The first-order valence-electron chi connectivity index (χ1n) is 4.54. The summed E-state index contributed by atoms with van der Waals surface area (Å²) in [6, 6.07) is -0.471. The molecule has 1 saturated heterocycles. The first-order chi connectivity index (χ1) is 7.00. The molecule has 0 aromatic rings. The van der Waals surface area contributed by atoms with Crippen LogP contribution in [0, 0.1) is 5.92 Å². The molecule has 1 atom stereocenters. The minimum atomic E-state index is -1.10. The lowest BCUT2D eigenvalue weighted by Crippen LogP contribution is -2.41. The number of carbonyl (C=O) groups excluding carboxylic acids is 2. The number of hydrogen-bond acceptors (Lipinski definition) is 3. The van der Waals surface area contributed by atoms with Crippen LogP contribution in [0.15, 0.2) is 0 Å². The maximum atomic E-state index is 11.3. The van der Waals surface area contributed by atoms with Gasteiger partial charge in [-0.15, -0.1) is 0 Å². The van der Waals surface area contributed by atoms with E-state index in [0.29, 0.717) is 13.0 Å². The van der Waals surface area contributed by atoms with E-state index < -0.39 is 24.5 Å². The minimum absolute atomic E-state index is 0.265. The number of aliphatic carboxylic acids is 1. The summed E-state index contributed by atoms with van der Waals surface area (Å²) in [6.45, 7) is 0.274. The molecule has 0 aromatic carbocycles. The van der Waals surface area contributed by atoms with Crippen LogP contribution >= 0.6 is 0 Å². The number of hydrogen-bond donors (Lipinski definition) is 3. The highest BCUT2D eigenvalue weighted by atomic mass is 16.4. The van der Waals surface area contributed by atoms with Crippen molar-refractivity contribution in [3.8, 4) is 0 Å². The molecular weight excluding hydrogens is 202 g/mol. The molecule has 1 aliphatic rings.